The van der Waals surface area contributed by atoms with Crippen LogP contribution in [0.5, 0.6) is 5.75 Å². The Morgan fingerprint density at radius 3 is 2.43 bits per heavy atom. The average molecular weight is 384 g/mol. The zero-order valence-electron chi connectivity index (χ0n) is 11.5. The van der Waals surface area contributed by atoms with Crippen LogP contribution in [0.4, 0.5) is 10.8 Å². The second-order valence-corrected chi connectivity index (χ2v) is 6.42. The van der Waals surface area contributed by atoms with E-state index < -0.39 is 0 Å². The summed E-state index contributed by atoms with van der Waals surface area (Å²) < 4.78 is 0. The molecule has 0 amide bonds. The Hall–Kier alpha value is -1.44. The lowest BCUT2D eigenvalue weighted by Crippen LogP contribution is -1.88. The van der Waals surface area contributed by atoms with Crippen molar-refractivity contribution < 1.29 is 5.11 Å². The van der Waals surface area contributed by atoms with Crippen LogP contribution in [-0.2, 0) is 0 Å². The maximum Gasteiger partial charge on any atom is 0.187 e. The molecule has 0 unspecified atom stereocenters. The van der Waals surface area contributed by atoms with Gasteiger partial charge in [-0.25, -0.2) is 9.97 Å². The van der Waals surface area contributed by atoms with Crippen LogP contribution < -0.4 is 5.32 Å². The smallest absolute Gasteiger partial charge is 0.187 e. The third kappa shape index (κ3) is 3.61. The second kappa shape index (κ2) is 6.55. The Balaban J connectivity index is 0.00000161. The van der Waals surface area contributed by atoms with Crippen LogP contribution in [0.15, 0.2) is 29.6 Å². The van der Waals surface area contributed by atoms with Gasteiger partial charge in [0.1, 0.15) is 5.75 Å². The average Bonchev–Trinajstić information content (AvgIpc) is 2.99. The van der Waals surface area contributed by atoms with E-state index in [1.165, 1.54) is 0 Å². The van der Waals surface area contributed by atoms with Crippen LogP contribution in [0.1, 0.15) is 10.7 Å². The molecule has 0 radical (unpaired) electrons. The van der Waals surface area contributed by atoms with Gasteiger partial charge in [0.05, 0.1) is 21.3 Å². The summed E-state index contributed by atoms with van der Waals surface area (Å²) in [5.74, 6) is 0.256. The van der Waals surface area contributed by atoms with Crippen LogP contribution in [0, 0.1) is 13.8 Å². The molecule has 0 aliphatic carbocycles. The summed E-state index contributed by atoms with van der Waals surface area (Å²) in [6.07, 6.45) is 0. The van der Waals surface area contributed by atoms with Crippen molar-refractivity contribution in [2.75, 3.05) is 5.32 Å². The molecule has 0 aliphatic heterocycles. The molecule has 0 spiro atoms. The van der Waals surface area contributed by atoms with E-state index in [1.54, 1.807) is 34.8 Å². The molecule has 3 rings (SSSR count). The topological polar surface area (TPSA) is 58.0 Å². The fraction of sp³-hybridized carbons (Fsp3) is 0.143. The summed E-state index contributed by atoms with van der Waals surface area (Å²) in [7, 11) is 0. The van der Waals surface area contributed by atoms with E-state index in [4.69, 9.17) is 0 Å². The fourth-order valence-corrected chi connectivity index (χ4v) is 3.55. The first-order valence-corrected chi connectivity index (χ1v) is 7.77. The Kier molecular flexibility index (Phi) is 4.97. The number of anilines is 2. The minimum Gasteiger partial charge on any atom is -0.508 e. The van der Waals surface area contributed by atoms with Crippen molar-refractivity contribution >= 4 is 50.5 Å². The molecule has 7 heteroatoms. The van der Waals surface area contributed by atoms with E-state index in [0.29, 0.717) is 0 Å². The number of rotatable bonds is 3. The Labute approximate surface area is 141 Å². The fourth-order valence-electron chi connectivity index (χ4n) is 1.87. The molecule has 3 aromatic rings. The quantitative estimate of drug-likeness (QED) is 0.630. The number of aromatic nitrogens is 2. The highest BCUT2D eigenvalue weighted by Gasteiger charge is 2.11. The molecular weight excluding hydrogens is 370 g/mol. The highest BCUT2D eigenvalue weighted by atomic mass is 79.9. The molecule has 2 N–H and O–H groups in total. The van der Waals surface area contributed by atoms with Gasteiger partial charge in [-0.05, 0) is 38.1 Å². The number of aromatic hydroxyl groups is 1. The molecule has 4 nitrogen and oxygen atoms in total. The van der Waals surface area contributed by atoms with Crippen molar-refractivity contribution in [2.24, 2.45) is 0 Å². The van der Waals surface area contributed by atoms with Crippen molar-refractivity contribution in [2.45, 2.75) is 13.8 Å². The van der Waals surface area contributed by atoms with Gasteiger partial charge in [-0.1, -0.05) is 0 Å². The Bertz CT molecular complexity index is 737. The lowest BCUT2D eigenvalue weighted by molar-refractivity contribution is 0.475. The summed E-state index contributed by atoms with van der Waals surface area (Å²) in [4.78, 5) is 10.1. The maximum absolute atomic E-state index is 9.26. The van der Waals surface area contributed by atoms with Crippen molar-refractivity contribution in [3.05, 3.63) is 40.3 Å². The van der Waals surface area contributed by atoms with Gasteiger partial charge in [0.15, 0.2) is 5.13 Å². The molecule has 1 aromatic carbocycles. The largest absolute Gasteiger partial charge is 0.508 e. The van der Waals surface area contributed by atoms with E-state index in [2.05, 4.69) is 15.3 Å². The molecule has 0 bridgehead atoms. The third-order valence-corrected chi connectivity index (χ3v) is 4.61. The molecular formula is C14H14BrN3OS2. The number of phenols is 1. The van der Waals surface area contributed by atoms with Gasteiger partial charge >= 0.3 is 0 Å². The maximum atomic E-state index is 9.26. The standard InChI is InChI=1S/C14H13N3OS2.BrH/c1-8-13(20-9(2)15-8)12-7-19-14(17-12)16-10-3-5-11(18)6-4-10;/h3-7,18H,1-2H3,(H,16,17);1H. The number of nitrogens with one attached hydrogen (secondary N) is 1. The van der Waals surface area contributed by atoms with Crippen molar-refractivity contribution in [1.82, 2.24) is 9.97 Å². The number of halogens is 1. The first-order chi connectivity index (χ1) is 9.61. The predicted molar refractivity (Wildman–Crippen MR) is 94.4 cm³/mol. The van der Waals surface area contributed by atoms with Gasteiger partial charge in [-0.2, -0.15) is 0 Å². The Morgan fingerprint density at radius 1 is 1.10 bits per heavy atom. The van der Waals surface area contributed by atoms with E-state index in [-0.39, 0.29) is 22.7 Å². The molecule has 0 saturated heterocycles. The number of nitrogens with zero attached hydrogens (tertiary/aromatic N) is 2. The van der Waals surface area contributed by atoms with Gasteiger partial charge < -0.3 is 10.4 Å². The third-order valence-electron chi connectivity index (χ3n) is 2.76. The molecule has 110 valence electrons. The van der Waals surface area contributed by atoms with Crippen LogP contribution in [-0.4, -0.2) is 15.1 Å². The first kappa shape index (κ1) is 15.9. The molecule has 2 heterocycles. The SMILES string of the molecule is Br.Cc1nc(C)c(-c2csc(Nc3ccc(O)cc3)n2)s1. The Morgan fingerprint density at radius 2 is 1.81 bits per heavy atom. The number of benzene rings is 1. The van der Waals surface area contributed by atoms with Gasteiger partial charge in [0, 0.05) is 11.1 Å². The number of phenolic OH excluding ortho intramolecular Hbond substituents is 1. The zero-order chi connectivity index (χ0) is 14.1. The summed E-state index contributed by atoms with van der Waals surface area (Å²) in [6, 6.07) is 6.93. The summed E-state index contributed by atoms with van der Waals surface area (Å²) >= 11 is 3.22. The lowest BCUT2D eigenvalue weighted by atomic mass is 10.3. The summed E-state index contributed by atoms with van der Waals surface area (Å²) in [5, 5.41) is 16.4. The number of hydrogen-bond acceptors (Lipinski definition) is 6. The first-order valence-electron chi connectivity index (χ1n) is 6.08. The molecule has 0 aliphatic rings. The van der Waals surface area contributed by atoms with Gasteiger partial charge in [-0.3, -0.25) is 0 Å². The summed E-state index contributed by atoms with van der Waals surface area (Å²) in [5.41, 5.74) is 2.88. The highest BCUT2D eigenvalue weighted by Crippen LogP contribution is 2.33. The molecule has 0 saturated carbocycles. The second-order valence-electron chi connectivity index (χ2n) is 4.36. The van der Waals surface area contributed by atoms with Crippen LogP contribution >= 0.6 is 39.7 Å². The van der Waals surface area contributed by atoms with Gasteiger partial charge in [0.25, 0.3) is 0 Å². The lowest BCUT2D eigenvalue weighted by Gasteiger charge is -2.01. The number of thiazole rings is 2. The van der Waals surface area contributed by atoms with Crippen LogP contribution in [0.3, 0.4) is 0 Å². The number of hydrogen-bond donors (Lipinski definition) is 2. The minimum atomic E-state index is 0. The van der Waals surface area contributed by atoms with Crippen molar-refractivity contribution in [3.63, 3.8) is 0 Å². The van der Waals surface area contributed by atoms with E-state index >= 15 is 0 Å². The van der Waals surface area contributed by atoms with Crippen molar-refractivity contribution in [3.8, 4) is 16.3 Å². The van der Waals surface area contributed by atoms with E-state index in [9.17, 15) is 5.11 Å². The van der Waals surface area contributed by atoms with Crippen LogP contribution in [0.25, 0.3) is 10.6 Å². The minimum absolute atomic E-state index is 0. The highest BCUT2D eigenvalue weighted by molar-refractivity contribution is 8.93. The van der Waals surface area contributed by atoms with Crippen LogP contribution in [0.2, 0.25) is 0 Å². The molecule has 0 fully saturated rings. The van der Waals surface area contributed by atoms with Crippen molar-refractivity contribution in [1.29, 1.82) is 0 Å². The van der Waals surface area contributed by atoms with Gasteiger partial charge in [-0.15, -0.1) is 39.7 Å². The summed E-state index contributed by atoms with van der Waals surface area (Å²) in [6.45, 7) is 4.01. The van der Waals surface area contributed by atoms with Gasteiger partial charge in [0.2, 0.25) is 0 Å². The molecule has 0 atom stereocenters. The molecule has 21 heavy (non-hydrogen) atoms. The zero-order valence-corrected chi connectivity index (χ0v) is 14.8. The molecule has 2 aromatic heterocycles. The van der Waals surface area contributed by atoms with E-state index in [0.717, 1.165) is 32.1 Å². The monoisotopic (exact) mass is 383 g/mol. The predicted octanol–water partition coefficient (Wildman–Crippen LogP) is 4.91. The number of aryl methyl sites for hydroxylation is 2. The van der Waals surface area contributed by atoms with E-state index in [1.807, 2.05) is 31.4 Å². The normalized spacial score (nSPS) is 10.2.